The van der Waals surface area contributed by atoms with Crippen LogP contribution in [0.25, 0.3) is 0 Å². The zero-order valence-corrected chi connectivity index (χ0v) is 10.2. The van der Waals surface area contributed by atoms with Gasteiger partial charge in [-0.05, 0) is 43.4 Å². The summed E-state index contributed by atoms with van der Waals surface area (Å²) in [7, 11) is 0. The Morgan fingerprint density at radius 2 is 2.18 bits per heavy atom. The maximum Gasteiger partial charge on any atom is 0.159 e. The quantitative estimate of drug-likeness (QED) is 0.665. The number of carbonyl (C=O) groups excluding carboxylic acids is 1. The average Bonchev–Trinajstić information content (AvgIpc) is 2.64. The molecule has 2 aliphatic carbocycles. The average molecular weight is 224 g/mol. The molecule has 0 radical (unpaired) electrons. The van der Waals surface area contributed by atoms with Gasteiger partial charge in [0.15, 0.2) is 5.78 Å². The predicted molar refractivity (Wildman–Crippen MR) is 69.3 cm³/mol. The lowest BCUT2D eigenvalue weighted by molar-refractivity contribution is 0.101. The number of ketones is 1. The van der Waals surface area contributed by atoms with Crippen molar-refractivity contribution in [3.63, 3.8) is 0 Å². The Balaban J connectivity index is 2.03. The summed E-state index contributed by atoms with van der Waals surface area (Å²) in [5.74, 6) is 1.27. The molecule has 0 heterocycles. The van der Waals surface area contributed by atoms with Crippen molar-refractivity contribution in [1.82, 2.24) is 0 Å². The van der Waals surface area contributed by atoms with Crippen LogP contribution in [-0.4, -0.2) is 5.78 Å². The van der Waals surface area contributed by atoms with Gasteiger partial charge in [0.2, 0.25) is 0 Å². The van der Waals surface area contributed by atoms with Gasteiger partial charge in [-0.25, -0.2) is 0 Å². The van der Waals surface area contributed by atoms with Crippen LogP contribution in [0, 0.1) is 5.92 Å². The highest BCUT2D eigenvalue weighted by Gasteiger charge is 2.30. The fourth-order valence-electron chi connectivity index (χ4n) is 3.00. The second-order valence-corrected chi connectivity index (χ2v) is 5.13. The second kappa shape index (κ2) is 3.69. The van der Waals surface area contributed by atoms with Crippen molar-refractivity contribution >= 4 is 5.78 Å². The maximum absolute atomic E-state index is 11.4. The van der Waals surface area contributed by atoms with Gasteiger partial charge < -0.3 is 0 Å². The van der Waals surface area contributed by atoms with E-state index in [4.69, 9.17) is 0 Å². The van der Waals surface area contributed by atoms with Crippen LogP contribution in [0.15, 0.2) is 42.0 Å². The molecule has 0 bridgehead atoms. The van der Waals surface area contributed by atoms with Crippen LogP contribution < -0.4 is 0 Å². The van der Waals surface area contributed by atoms with E-state index >= 15 is 0 Å². The van der Waals surface area contributed by atoms with E-state index in [0.717, 1.165) is 12.0 Å². The Bertz CT molecular complexity index is 549. The van der Waals surface area contributed by atoms with Crippen LogP contribution >= 0.6 is 0 Å². The van der Waals surface area contributed by atoms with Gasteiger partial charge in [0, 0.05) is 11.5 Å². The number of benzene rings is 1. The molecule has 0 saturated carbocycles. The van der Waals surface area contributed by atoms with Crippen molar-refractivity contribution in [2.45, 2.75) is 26.2 Å². The highest BCUT2D eigenvalue weighted by atomic mass is 16.1. The fraction of sp³-hybridized carbons (Fsp3) is 0.312. The van der Waals surface area contributed by atoms with Gasteiger partial charge >= 0.3 is 0 Å². The number of rotatable bonds is 1. The first-order valence-corrected chi connectivity index (χ1v) is 6.15. The van der Waals surface area contributed by atoms with Crippen LogP contribution in [0.2, 0.25) is 0 Å². The highest BCUT2D eigenvalue weighted by molar-refractivity contribution is 5.94. The van der Waals surface area contributed by atoms with Crippen molar-refractivity contribution in [2.24, 2.45) is 5.92 Å². The molecule has 1 aromatic carbocycles. The zero-order chi connectivity index (χ0) is 12.0. The van der Waals surface area contributed by atoms with Crippen molar-refractivity contribution in [1.29, 1.82) is 0 Å². The van der Waals surface area contributed by atoms with Crippen LogP contribution in [0.4, 0.5) is 0 Å². The van der Waals surface area contributed by atoms with Crippen molar-refractivity contribution in [2.75, 3.05) is 0 Å². The van der Waals surface area contributed by atoms with Crippen LogP contribution in [0.3, 0.4) is 0 Å². The van der Waals surface area contributed by atoms with E-state index in [1.807, 2.05) is 6.07 Å². The number of hydrogen-bond donors (Lipinski definition) is 0. The molecular formula is C16H16O. The van der Waals surface area contributed by atoms with Gasteiger partial charge in [-0.3, -0.25) is 4.79 Å². The molecule has 0 fully saturated rings. The number of fused-ring (bicyclic) bond motifs is 3. The molecule has 2 atom stereocenters. The third kappa shape index (κ3) is 1.66. The van der Waals surface area contributed by atoms with Gasteiger partial charge in [-0.1, -0.05) is 35.9 Å². The van der Waals surface area contributed by atoms with Crippen molar-refractivity contribution < 1.29 is 4.79 Å². The van der Waals surface area contributed by atoms with E-state index in [9.17, 15) is 4.79 Å². The van der Waals surface area contributed by atoms with Gasteiger partial charge in [0.25, 0.3) is 0 Å². The largest absolute Gasteiger partial charge is 0.295 e. The minimum absolute atomic E-state index is 0.157. The summed E-state index contributed by atoms with van der Waals surface area (Å²) in [6.07, 6.45) is 7.94. The first-order chi connectivity index (χ1) is 8.15. The Morgan fingerprint density at radius 1 is 1.35 bits per heavy atom. The zero-order valence-electron chi connectivity index (χ0n) is 10.2. The molecule has 2 aliphatic rings. The van der Waals surface area contributed by atoms with Crippen molar-refractivity contribution in [3.05, 3.63) is 58.7 Å². The Hall–Kier alpha value is -1.63. The van der Waals surface area contributed by atoms with Gasteiger partial charge in [-0.15, -0.1) is 0 Å². The molecule has 0 spiro atoms. The lowest BCUT2D eigenvalue weighted by Gasteiger charge is -2.18. The maximum atomic E-state index is 11.4. The molecule has 0 amide bonds. The minimum atomic E-state index is 0.157. The fourth-order valence-corrected chi connectivity index (χ4v) is 3.00. The van der Waals surface area contributed by atoms with Gasteiger partial charge in [0.05, 0.1) is 0 Å². The van der Waals surface area contributed by atoms with Crippen LogP contribution in [-0.2, 0) is 6.42 Å². The number of Topliss-reactive ketones (excluding diaryl/α,β-unsaturated/α-hetero) is 1. The van der Waals surface area contributed by atoms with E-state index in [1.165, 1.54) is 16.7 Å². The molecule has 1 heteroatoms. The monoisotopic (exact) mass is 224 g/mol. The van der Waals surface area contributed by atoms with E-state index in [-0.39, 0.29) is 5.78 Å². The summed E-state index contributed by atoms with van der Waals surface area (Å²) in [5, 5.41) is 0. The molecular weight excluding hydrogens is 208 g/mol. The SMILES string of the molecule is CC(=O)c1ccc2c(c1)CC1C=C(C)C=CC21. The molecule has 1 aromatic rings. The van der Waals surface area contributed by atoms with E-state index in [2.05, 4.69) is 37.3 Å². The highest BCUT2D eigenvalue weighted by Crippen LogP contribution is 2.42. The van der Waals surface area contributed by atoms with Crippen LogP contribution in [0.5, 0.6) is 0 Å². The third-order valence-electron chi connectivity index (χ3n) is 3.87. The summed E-state index contributed by atoms with van der Waals surface area (Å²) in [4.78, 5) is 11.4. The predicted octanol–water partition coefficient (Wildman–Crippen LogP) is 3.66. The summed E-state index contributed by atoms with van der Waals surface area (Å²) >= 11 is 0. The molecule has 3 rings (SSSR count). The lowest BCUT2D eigenvalue weighted by atomic mass is 9.86. The molecule has 0 saturated heterocycles. The third-order valence-corrected chi connectivity index (χ3v) is 3.87. The summed E-state index contributed by atoms with van der Waals surface area (Å²) in [5.41, 5.74) is 4.95. The number of hydrogen-bond acceptors (Lipinski definition) is 1. The van der Waals surface area contributed by atoms with E-state index < -0.39 is 0 Å². The first kappa shape index (κ1) is 10.5. The number of carbonyl (C=O) groups is 1. The summed E-state index contributed by atoms with van der Waals surface area (Å²) in [6, 6.07) is 6.17. The minimum Gasteiger partial charge on any atom is -0.295 e. The first-order valence-electron chi connectivity index (χ1n) is 6.15. The molecule has 17 heavy (non-hydrogen) atoms. The summed E-state index contributed by atoms with van der Waals surface area (Å²) in [6.45, 7) is 3.78. The Kier molecular flexibility index (Phi) is 2.29. The normalized spacial score (nSPS) is 25.2. The lowest BCUT2D eigenvalue weighted by Crippen LogP contribution is -2.06. The summed E-state index contributed by atoms with van der Waals surface area (Å²) < 4.78 is 0. The smallest absolute Gasteiger partial charge is 0.159 e. The molecule has 0 aromatic heterocycles. The molecule has 1 nitrogen and oxygen atoms in total. The topological polar surface area (TPSA) is 17.1 Å². The van der Waals surface area contributed by atoms with Gasteiger partial charge in [0.1, 0.15) is 0 Å². The van der Waals surface area contributed by atoms with Crippen molar-refractivity contribution in [3.8, 4) is 0 Å². The van der Waals surface area contributed by atoms with E-state index in [0.29, 0.717) is 11.8 Å². The van der Waals surface area contributed by atoms with Gasteiger partial charge in [-0.2, -0.15) is 0 Å². The van der Waals surface area contributed by atoms with E-state index in [1.54, 1.807) is 6.92 Å². The number of allylic oxidation sites excluding steroid dienone is 4. The van der Waals surface area contributed by atoms with Crippen LogP contribution in [0.1, 0.15) is 41.3 Å². The molecule has 0 aliphatic heterocycles. The Labute approximate surface area is 102 Å². The second-order valence-electron chi connectivity index (χ2n) is 5.13. The molecule has 86 valence electrons. The Morgan fingerprint density at radius 3 is 2.94 bits per heavy atom. The standard InChI is InChI=1S/C16H16O/c1-10-3-5-15-13(7-10)9-14-8-12(11(2)17)4-6-16(14)15/h3-8,13,15H,9H2,1-2H3. The molecule has 0 N–H and O–H groups in total. The molecule has 2 unspecified atom stereocenters.